The van der Waals surface area contributed by atoms with E-state index in [9.17, 15) is 14.7 Å². The molecule has 0 aromatic heterocycles. The Hall–Kier alpha value is -1.53. The third-order valence-electron chi connectivity index (χ3n) is 3.44. The van der Waals surface area contributed by atoms with Gasteiger partial charge in [-0.25, -0.2) is 4.79 Å². The fraction of sp³-hybridized carbons (Fsp3) is 0.529. The Morgan fingerprint density at radius 2 is 1.91 bits per heavy atom. The molecule has 0 spiro atoms. The minimum Gasteiger partial charge on any atom is -0.444 e. The van der Waals surface area contributed by atoms with Crippen molar-refractivity contribution in [3.63, 3.8) is 0 Å². The molecule has 0 aliphatic carbocycles. The molecule has 1 N–H and O–H groups in total. The molecule has 0 saturated carbocycles. The van der Waals surface area contributed by atoms with Gasteiger partial charge < -0.3 is 14.7 Å². The Kier molecular flexibility index (Phi) is 5.70. The minimum atomic E-state index is -0.742. The highest BCUT2D eigenvalue weighted by atomic mass is 32.2. The number of piperidine rings is 1. The largest absolute Gasteiger partial charge is 0.444 e. The lowest BCUT2D eigenvalue weighted by Gasteiger charge is -2.36. The van der Waals surface area contributed by atoms with Crippen molar-refractivity contribution in [1.29, 1.82) is 0 Å². The van der Waals surface area contributed by atoms with Crippen LogP contribution in [0.3, 0.4) is 0 Å². The van der Waals surface area contributed by atoms with Crippen molar-refractivity contribution in [1.82, 2.24) is 4.90 Å². The van der Waals surface area contributed by atoms with Gasteiger partial charge in [0.25, 0.3) is 0 Å². The summed E-state index contributed by atoms with van der Waals surface area (Å²) in [7, 11) is 0. The Morgan fingerprint density at radius 3 is 2.48 bits per heavy atom. The van der Waals surface area contributed by atoms with Crippen molar-refractivity contribution in [2.75, 3.05) is 13.1 Å². The lowest BCUT2D eigenvalue weighted by atomic mass is 10.1. The van der Waals surface area contributed by atoms with E-state index in [1.54, 1.807) is 12.1 Å². The molecule has 2 unspecified atom stereocenters. The average Bonchev–Trinajstić information content (AvgIpc) is 2.48. The van der Waals surface area contributed by atoms with Crippen LogP contribution in [-0.2, 0) is 4.74 Å². The summed E-state index contributed by atoms with van der Waals surface area (Å²) in [6.07, 6.45) is -0.604. The highest BCUT2D eigenvalue weighted by Gasteiger charge is 2.34. The summed E-state index contributed by atoms with van der Waals surface area (Å²) in [5.41, 5.74) is 0.0657. The van der Waals surface area contributed by atoms with Crippen LogP contribution in [0.1, 0.15) is 37.6 Å². The molecule has 2 rings (SSSR count). The number of benzene rings is 1. The highest BCUT2D eigenvalue weighted by Crippen LogP contribution is 2.27. The number of thioether (sulfide) groups is 1. The highest BCUT2D eigenvalue weighted by molar-refractivity contribution is 8.14. The Labute approximate surface area is 141 Å². The molecule has 6 heteroatoms. The van der Waals surface area contributed by atoms with Gasteiger partial charge in [-0.1, -0.05) is 42.1 Å². The number of carbonyl (C=O) groups excluding carboxylic acids is 2. The van der Waals surface area contributed by atoms with E-state index in [1.807, 2.05) is 39.0 Å². The molecule has 1 fully saturated rings. The van der Waals surface area contributed by atoms with Crippen molar-refractivity contribution >= 4 is 23.0 Å². The number of β-amino-alcohol motifs (C(OH)–C–C–N with tert-alkyl or cyclic N) is 1. The number of hydrogen-bond donors (Lipinski definition) is 1. The molecule has 1 saturated heterocycles. The molecule has 1 aromatic rings. The SMILES string of the molecule is CC(C)(C)OC(=O)N1CCC(SC(=O)c2ccccc2)C(O)C1. The van der Waals surface area contributed by atoms with Gasteiger partial charge >= 0.3 is 6.09 Å². The first-order valence-electron chi connectivity index (χ1n) is 7.68. The van der Waals surface area contributed by atoms with E-state index in [1.165, 1.54) is 4.90 Å². The normalized spacial score (nSPS) is 21.8. The predicted molar refractivity (Wildman–Crippen MR) is 90.6 cm³/mol. The summed E-state index contributed by atoms with van der Waals surface area (Å²) in [5.74, 6) is 0. The molecule has 23 heavy (non-hydrogen) atoms. The molecular weight excluding hydrogens is 314 g/mol. The van der Waals surface area contributed by atoms with E-state index in [2.05, 4.69) is 0 Å². The van der Waals surface area contributed by atoms with Crippen LogP contribution in [-0.4, -0.2) is 51.3 Å². The Bertz CT molecular complexity index is 555. The van der Waals surface area contributed by atoms with Crippen molar-refractivity contribution in [2.45, 2.75) is 44.1 Å². The quantitative estimate of drug-likeness (QED) is 0.899. The van der Waals surface area contributed by atoms with Crippen LogP contribution in [0.25, 0.3) is 0 Å². The number of nitrogens with zero attached hydrogens (tertiary/aromatic N) is 1. The van der Waals surface area contributed by atoms with E-state index in [0.29, 0.717) is 18.5 Å². The molecule has 126 valence electrons. The fourth-order valence-corrected chi connectivity index (χ4v) is 3.33. The number of hydrogen-bond acceptors (Lipinski definition) is 5. The number of amides is 1. The number of aliphatic hydroxyl groups is 1. The van der Waals surface area contributed by atoms with Crippen LogP contribution >= 0.6 is 11.8 Å². The molecule has 0 radical (unpaired) electrons. The molecule has 1 aliphatic rings. The first-order chi connectivity index (χ1) is 10.8. The summed E-state index contributed by atoms with van der Waals surface area (Å²) in [6.45, 7) is 6.09. The van der Waals surface area contributed by atoms with Crippen molar-refractivity contribution in [2.24, 2.45) is 0 Å². The first-order valence-corrected chi connectivity index (χ1v) is 8.56. The average molecular weight is 337 g/mol. The lowest BCUT2D eigenvalue weighted by Crippen LogP contribution is -2.49. The van der Waals surface area contributed by atoms with Gasteiger partial charge in [-0.2, -0.15) is 0 Å². The molecule has 5 nitrogen and oxygen atoms in total. The smallest absolute Gasteiger partial charge is 0.410 e. The maximum Gasteiger partial charge on any atom is 0.410 e. The van der Waals surface area contributed by atoms with Gasteiger partial charge in [0.05, 0.1) is 12.6 Å². The van der Waals surface area contributed by atoms with Gasteiger partial charge in [0.1, 0.15) is 5.60 Å². The van der Waals surface area contributed by atoms with Crippen LogP contribution in [0.2, 0.25) is 0 Å². The molecular formula is C17H23NO4S. The van der Waals surface area contributed by atoms with Crippen LogP contribution < -0.4 is 0 Å². The van der Waals surface area contributed by atoms with Crippen LogP contribution in [0, 0.1) is 0 Å². The van der Waals surface area contributed by atoms with Crippen LogP contribution in [0.4, 0.5) is 4.79 Å². The molecule has 1 aromatic carbocycles. The topological polar surface area (TPSA) is 66.8 Å². The third kappa shape index (κ3) is 5.25. The standard InChI is InChI=1S/C17H23NO4S/c1-17(2,3)22-16(21)18-10-9-14(13(19)11-18)23-15(20)12-7-5-4-6-8-12/h4-8,13-14,19H,9-11H2,1-3H3. The first kappa shape index (κ1) is 17.8. The fourth-order valence-electron chi connectivity index (χ4n) is 2.32. The molecule has 0 bridgehead atoms. The van der Waals surface area contributed by atoms with E-state index in [0.717, 1.165) is 11.8 Å². The monoisotopic (exact) mass is 337 g/mol. The maximum atomic E-state index is 12.2. The van der Waals surface area contributed by atoms with Crippen LogP contribution in [0.15, 0.2) is 30.3 Å². The van der Waals surface area contributed by atoms with Gasteiger partial charge in [0.2, 0.25) is 5.12 Å². The second-order valence-electron chi connectivity index (χ2n) is 6.59. The number of ether oxygens (including phenoxy) is 1. The third-order valence-corrected chi connectivity index (χ3v) is 4.74. The van der Waals surface area contributed by atoms with Gasteiger partial charge in [-0.15, -0.1) is 0 Å². The summed E-state index contributed by atoms with van der Waals surface area (Å²) in [5, 5.41) is 10.00. The zero-order chi connectivity index (χ0) is 17.0. The zero-order valence-corrected chi connectivity index (χ0v) is 14.5. The summed E-state index contributed by atoms with van der Waals surface area (Å²) < 4.78 is 5.31. The summed E-state index contributed by atoms with van der Waals surface area (Å²) in [4.78, 5) is 25.7. The van der Waals surface area contributed by atoms with E-state index in [-0.39, 0.29) is 16.9 Å². The number of aliphatic hydroxyl groups excluding tert-OH is 1. The van der Waals surface area contributed by atoms with Gasteiger partial charge in [0.15, 0.2) is 0 Å². The second kappa shape index (κ2) is 7.36. The minimum absolute atomic E-state index is 0.0552. The summed E-state index contributed by atoms with van der Waals surface area (Å²) in [6, 6.07) is 9.01. The molecule has 1 amide bonds. The van der Waals surface area contributed by atoms with Gasteiger partial charge in [0, 0.05) is 17.4 Å². The Balaban J connectivity index is 1.89. The summed E-state index contributed by atoms with van der Waals surface area (Å²) >= 11 is 1.14. The van der Waals surface area contributed by atoms with Gasteiger partial charge in [-0.05, 0) is 27.2 Å². The van der Waals surface area contributed by atoms with Crippen molar-refractivity contribution in [3.8, 4) is 0 Å². The second-order valence-corrected chi connectivity index (χ2v) is 7.80. The lowest BCUT2D eigenvalue weighted by molar-refractivity contribution is 0.00541. The molecule has 1 heterocycles. The maximum absolute atomic E-state index is 12.2. The molecule has 1 aliphatic heterocycles. The van der Waals surface area contributed by atoms with Crippen molar-refractivity contribution < 1.29 is 19.4 Å². The number of carbonyl (C=O) groups is 2. The Morgan fingerprint density at radius 1 is 1.26 bits per heavy atom. The van der Waals surface area contributed by atoms with Crippen molar-refractivity contribution in [3.05, 3.63) is 35.9 Å². The number of rotatable bonds is 2. The number of likely N-dealkylation sites (tertiary alicyclic amines) is 1. The molecule has 2 atom stereocenters. The van der Waals surface area contributed by atoms with E-state index < -0.39 is 17.8 Å². The zero-order valence-electron chi connectivity index (χ0n) is 13.7. The van der Waals surface area contributed by atoms with E-state index in [4.69, 9.17) is 4.74 Å². The van der Waals surface area contributed by atoms with E-state index >= 15 is 0 Å². The predicted octanol–water partition coefficient (Wildman–Crippen LogP) is 2.93. The van der Waals surface area contributed by atoms with Gasteiger partial charge in [-0.3, -0.25) is 4.79 Å². The van der Waals surface area contributed by atoms with Crippen LogP contribution in [0.5, 0.6) is 0 Å².